The van der Waals surface area contributed by atoms with Gasteiger partial charge in [-0.25, -0.2) is 0 Å². The maximum atomic E-state index is 4.15. The van der Waals surface area contributed by atoms with Crippen molar-refractivity contribution in [2.75, 3.05) is 4.72 Å². The number of hydrogen-bond donors (Lipinski definition) is 1. The zero-order chi connectivity index (χ0) is 11.4. The molecule has 2 aromatic rings. The van der Waals surface area contributed by atoms with Gasteiger partial charge in [0.2, 0.25) is 0 Å². The first-order valence-electron chi connectivity index (χ1n) is 5.22. The van der Waals surface area contributed by atoms with Gasteiger partial charge < -0.3 is 4.72 Å². The maximum Gasteiger partial charge on any atom is 0.0726 e. The molecular formula is C13H15NS2. The molecule has 0 radical (unpaired) electrons. The highest BCUT2D eigenvalue weighted by Gasteiger charge is 1.98. The summed E-state index contributed by atoms with van der Waals surface area (Å²) in [6.45, 7) is 2.17. The van der Waals surface area contributed by atoms with Crippen LogP contribution in [-0.2, 0) is 6.42 Å². The van der Waals surface area contributed by atoms with Gasteiger partial charge in [0, 0.05) is 5.69 Å². The standard InChI is InChI=1S/C13H15NS2/c1-3-11-6-8-12(9-7-11)14-16(2)13-5-4-10-15-13/h4-10,14H,2-3H2,1H3. The van der Waals surface area contributed by atoms with E-state index in [0.29, 0.717) is 0 Å². The fourth-order valence-electron chi connectivity index (χ4n) is 1.40. The fourth-order valence-corrected chi connectivity index (χ4v) is 3.37. The van der Waals surface area contributed by atoms with Crippen molar-refractivity contribution >= 4 is 33.6 Å². The number of anilines is 1. The number of nitrogens with one attached hydrogen (secondary N) is 1. The average molecular weight is 249 g/mol. The van der Waals surface area contributed by atoms with Gasteiger partial charge in [-0.3, -0.25) is 0 Å². The van der Waals surface area contributed by atoms with Crippen LogP contribution in [0.1, 0.15) is 12.5 Å². The molecule has 0 aliphatic carbocycles. The van der Waals surface area contributed by atoms with Crippen molar-refractivity contribution in [3.8, 4) is 0 Å². The van der Waals surface area contributed by atoms with Crippen LogP contribution >= 0.6 is 22.0 Å². The van der Waals surface area contributed by atoms with E-state index in [4.69, 9.17) is 0 Å². The SMILES string of the molecule is C=S(Nc1ccc(CC)cc1)c1cccs1. The summed E-state index contributed by atoms with van der Waals surface area (Å²) in [5.41, 5.74) is 2.51. The Morgan fingerprint density at radius 1 is 1.25 bits per heavy atom. The van der Waals surface area contributed by atoms with Gasteiger partial charge in [-0.05, 0) is 35.6 Å². The summed E-state index contributed by atoms with van der Waals surface area (Å²) in [6.07, 6.45) is 1.08. The molecule has 3 heteroatoms. The smallest absolute Gasteiger partial charge is 0.0726 e. The highest BCUT2D eigenvalue weighted by Crippen LogP contribution is 2.30. The molecule has 84 valence electrons. The van der Waals surface area contributed by atoms with Crippen molar-refractivity contribution in [1.29, 1.82) is 0 Å². The van der Waals surface area contributed by atoms with Crippen molar-refractivity contribution < 1.29 is 0 Å². The summed E-state index contributed by atoms with van der Waals surface area (Å²) in [4.78, 5) is 0. The van der Waals surface area contributed by atoms with Crippen LogP contribution in [-0.4, -0.2) is 5.87 Å². The summed E-state index contributed by atoms with van der Waals surface area (Å²) < 4.78 is 4.71. The van der Waals surface area contributed by atoms with Gasteiger partial charge in [-0.1, -0.05) is 41.7 Å². The molecule has 0 aliphatic heterocycles. The number of rotatable bonds is 4. The Morgan fingerprint density at radius 2 is 2.00 bits per heavy atom. The quantitative estimate of drug-likeness (QED) is 0.792. The summed E-state index contributed by atoms with van der Waals surface area (Å²) >= 11 is 1.75. The molecule has 16 heavy (non-hydrogen) atoms. The van der Waals surface area contributed by atoms with E-state index < -0.39 is 0 Å². The van der Waals surface area contributed by atoms with E-state index in [9.17, 15) is 0 Å². The zero-order valence-corrected chi connectivity index (χ0v) is 10.9. The number of thiophene rings is 1. The second kappa shape index (κ2) is 5.32. The number of benzene rings is 1. The van der Waals surface area contributed by atoms with Crippen LogP contribution < -0.4 is 4.72 Å². The largest absolute Gasteiger partial charge is 0.331 e. The van der Waals surface area contributed by atoms with Crippen LogP contribution in [0.25, 0.3) is 0 Å². The topological polar surface area (TPSA) is 12.0 Å². The van der Waals surface area contributed by atoms with Crippen LogP contribution in [0.15, 0.2) is 46.0 Å². The molecule has 1 aromatic heterocycles. The van der Waals surface area contributed by atoms with Crippen LogP contribution in [0.4, 0.5) is 5.69 Å². The van der Waals surface area contributed by atoms with Gasteiger partial charge in [0.25, 0.3) is 0 Å². The van der Waals surface area contributed by atoms with E-state index in [2.05, 4.69) is 59.3 Å². The van der Waals surface area contributed by atoms with Crippen LogP contribution in [0, 0.1) is 0 Å². The van der Waals surface area contributed by atoms with Crippen LogP contribution in [0.3, 0.4) is 0 Å². The van der Waals surface area contributed by atoms with Crippen molar-refractivity contribution in [2.45, 2.75) is 17.6 Å². The first-order chi connectivity index (χ1) is 7.79. The molecule has 0 aliphatic rings. The van der Waals surface area contributed by atoms with E-state index in [0.717, 1.165) is 12.1 Å². The lowest BCUT2D eigenvalue weighted by Crippen LogP contribution is -1.89. The minimum Gasteiger partial charge on any atom is -0.331 e. The lowest BCUT2D eigenvalue weighted by atomic mass is 10.2. The first-order valence-corrected chi connectivity index (χ1v) is 7.50. The van der Waals surface area contributed by atoms with Gasteiger partial charge in [0.05, 0.1) is 4.21 Å². The predicted octanol–water partition coefficient (Wildman–Crippen LogP) is 4.40. The van der Waals surface area contributed by atoms with Gasteiger partial charge in [-0.15, -0.1) is 11.3 Å². The van der Waals surface area contributed by atoms with E-state index in [1.165, 1.54) is 9.77 Å². The second-order valence-corrected chi connectivity index (χ2v) is 6.11. The molecule has 1 N–H and O–H groups in total. The van der Waals surface area contributed by atoms with Gasteiger partial charge >= 0.3 is 0 Å². The molecule has 1 unspecified atom stereocenters. The average Bonchev–Trinajstić information content (AvgIpc) is 2.83. The Hall–Kier alpha value is -1.06. The molecule has 0 amide bonds. The molecule has 0 saturated heterocycles. The van der Waals surface area contributed by atoms with Gasteiger partial charge in [0.15, 0.2) is 0 Å². The van der Waals surface area contributed by atoms with E-state index in [1.54, 1.807) is 11.3 Å². The minimum atomic E-state index is -0.143. The Balaban J connectivity index is 2.06. The summed E-state index contributed by atoms with van der Waals surface area (Å²) in [5, 5.41) is 2.09. The predicted molar refractivity (Wildman–Crippen MR) is 76.7 cm³/mol. The summed E-state index contributed by atoms with van der Waals surface area (Å²) in [7, 11) is -0.143. The van der Waals surface area contributed by atoms with E-state index in [-0.39, 0.29) is 10.7 Å². The molecular weight excluding hydrogens is 234 g/mol. The molecule has 2 rings (SSSR count). The minimum absolute atomic E-state index is 0.143. The lowest BCUT2D eigenvalue weighted by molar-refractivity contribution is 1.14. The van der Waals surface area contributed by atoms with Gasteiger partial charge in [-0.2, -0.15) is 0 Å². The Bertz CT molecular complexity index is 457. The third-order valence-electron chi connectivity index (χ3n) is 2.34. The normalized spacial score (nSPS) is 12.3. The zero-order valence-electron chi connectivity index (χ0n) is 9.27. The Labute approximate surface area is 103 Å². The summed E-state index contributed by atoms with van der Waals surface area (Å²) in [5.74, 6) is 4.15. The molecule has 1 aromatic carbocycles. The third-order valence-corrected chi connectivity index (χ3v) is 5.00. The van der Waals surface area contributed by atoms with Crippen molar-refractivity contribution in [2.24, 2.45) is 0 Å². The molecule has 0 fully saturated rings. The van der Waals surface area contributed by atoms with Gasteiger partial charge in [0.1, 0.15) is 0 Å². The highest BCUT2D eigenvalue weighted by molar-refractivity contribution is 8.16. The van der Waals surface area contributed by atoms with Crippen molar-refractivity contribution in [1.82, 2.24) is 0 Å². The Kier molecular flexibility index (Phi) is 3.80. The molecule has 1 heterocycles. The highest BCUT2D eigenvalue weighted by atomic mass is 32.2. The number of hydrogen-bond acceptors (Lipinski definition) is 2. The fraction of sp³-hybridized carbons (Fsp3) is 0.154. The third kappa shape index (κ3) is 2.74. The molecule has 0 bridgehead atoms. The monoisotopic (exact) mass is 249 g/mol. The first kappa shape index (κ1) is 11.4. The molecule has 1 nitrogen and oxygen atoms in total. The summed E-state index contributed by atoms with van der Waals surface area (Å²) in [6, 6.07) is 12.7. The Morgan fingerprint density at radius 3 is 2.56 bits per heavy atom. The van der Waals surface area contributed by atoms with Crippen molar-refractivity contribution in [3.63, 3.8) is 0 Å². The molecule has 0 saturated carbocycles. The van der Waals surface area contributed by atoms with E-state index in [1.807, 2.05) is 0 Å². The number of aryl methyl sites for hydroxylation is 1. The van der Waals surface area contributed by atoms with Crippen LogP contribution in [0.5, 0.6) is 0 Å². The van der Waals surface area contributed by atoms with Crippen LogP contribution in [0.2, 0.25) is 0 Å². The molecule has 1 atom stereocenters. The van der Waals surface area contributed by atoms with Crippen molar-refractivity contribution in [3.05, 3.63) is 47.3 Å². The maximum absolute atomic E-state index is 4.15. The second-order valence-electron chi connectivity index (χ2n) is 3.48. The molecule has 0 spiro atoms. The lowest BCUT2D eigenvalue weighted by Gasteiger charge is -2.09. The van der Waals surface area contributed by atoms with E-state index >= 15 is 0 Å².